The van der Waals surface area contributed by atoms with Crippen molar-refractivity contribution in [2.75, 3.05) is 6.54 Å². The Bertz CT molecular complexity index is 255. The van der Waals surface area contributed by atoms with E-state index in [4.69, 9.17) is 4.74 Å². The van der Waals surface area contributed by atoms with Crippen LogP contribution in [0, 0.1) is 5.92 Å². The van der Waals surface area contributed by atoms with E-state index in [2.05, 4.69) is 24.5 Å². The Kier molecular flexibility index (Phi) is 4.80. The number of amides is 1. The molecule has 1 saturated carbocycles. The maximum Gasteiger partial charge on any atom is 0.407 e. The Balaban J connectivity index is 2.29. The SMILES string of the molecule is CC(C)NC(CNC(=O)OC(C)(C)C)C1CC1. The van der Waals surface area contributed by atoms with Crippen LogP contribution in [0.25, 0.3) is 0 Å². The lowest BCUT2D eigenvalue weighted by Gasteiger charge is -2.23. The molecule has 1 fully saturated rings. The second kappa shape index (κ2) is 5.71. The zero-order valence-electron chi connectivity index (χ0n) is 11.7. The van der Waals surface area contributed by atoms with Gasteiger partial charge in [-0.05, 0) is 39.5 Å². The minimum absolute atomic E-state index is 0.325. The first-order chi connectivity index (χ1) is 7.78. The summed E-state index contributed by atoms with van der Waals surface area (Å²) in [6.07, 6.45) is 2.20. The lowest BCUT2D eigenvalue weighted by atomic mass is 10.1. The molecule has 0 aromatic rings. The van der Waals surface area contributed by atoms with E-state index in [-0.39, 0.29) is 6.09 Å². The Morgan fingerprint density at radius 3 is 2.35 bits per heavy atom. The van der Waals surface area contributed by atoms with Gasteiger partial charge in [0.1, 0.15) is 5.60 Å². The highest BCUT2D eigenvalue weighted by atomic mass is 16.6. The molecule has 0 spiro atoms. The third-order valence-corrected chi connectivity index (χ3v) is 2.60. The fourth-order valence-corrected chi connectivity index (χ4v) is 1.80. The van der Waals surface area contributed by atoms with Gasteiger partial charge in [-0.2, -0.15) is 0 Å². The van der Waals surface area contributed by atoms with Gasteiger partial charge in [-0.15, -0.1) is 0 Å². The average Bonchev–Trinajstić information content (AvgIpc) is 2.91. The fourth-order valence-electron chi connectivity index (χ4n) is 1.80. The third-order valence-electron chi connectivity index (χ3n) is 2.60. The number of hydrogen-bond donors (Lipinski definition) is 2. The van der Waals surface area contributed by atoms with E-state index in [0.29, 0.717) is 24.5 Å². The molecule has 17 heavy (non-hydrogen) atoms. The molecule has 1 rings (SSSR count). The van der Waals surface area contributed by atoms with E-state index in [1.165, 1.54) is 12.8 Å². The van der Waals surface area contributed by atoms with Crippen molar-refractivity contribution in [3.8, 4) is 0 Å². The fraction of sp³-hybridized carbons (Fsp3) is 0.923. The van der Waals surface area contributed by atoms with Crippen molar-refractivity contribution in [1.29, 1.82) is 0 Å². The maximum absolute atomic E-state index is 11.5. The van der Waals surface area contributed by atoms with Crippen LogP contribution < -0.4 is 10.6 Å². The molecule has 0 aromatic carbocycles. The summed E-state index contributed by atoms with van der Waals surface area (Å²) in [4.78, 5) is 11.5. The van der Waals surface area contributed by atoms with Crippen LogP contribution in [-0.2, 0) is 4.74 Å². The second-order valence-corrected chi connectivity index (χ2v) is 6.15. The lowest BCUT2D eigenvalue weighted by Crippen LogP contribution is -2.46. The summed E-state index contributed by atoms with van der Waals surface area (Å²) >= 11 is 0. The van der Waals surface area contributed by atoms with Crippen molar-refractivity contribution in [3.05, 3.63) is 0 Å². The van der Waals surface area contributed by atoms with Crippen molar-refractivity contribution < 1.29 is 9.53 Å². The topological polar surface area (TPSA) is 50.4 Å². The summed E-state index contributed by atoms with van der Waals surface area (Å²) in [6, 6.07) is 0.823. The first kappa shape index (κ1) is 14.3. The molecule has 0 bridgehead atoms. The Morgan fingerprint density at radius 1 is 1.35 bits per heavy atom. The summed E-state index contributed by atoms with van der Waals surface area (Å²) in [7, 11) is 0. The minimum Gasteiger partial charge on any atom is -0.444 e. The van der Waals surface area contributed by atoms with Crippen molar-refractivity contribution in [1.82, 2.24) is 10.6 Å². The van der Waals surface area contributed by atoms with Gasteiger partial charge in [0.25, 0.3) is 0 Å². The predicted octanol–water partition coefficient (Wildman–Crippen LogP) is 2.29. The van der Waals surface area contributed by atoms with Gasteiger partial charge in [-0.3, -0.25) is 0 Å². The quantitative estimate of drug-likeness (QED) is 0.777. The standard InChI is InChI=1S/C13H26N2O2/c1-9(2)15-11(10-6-7-10)8-14-12(16)17-13(3,4)5/h9-11,15H,6-8H2,1-5H3,(H,14,16). The molecule has 100 valence electrons. The van der Waals surface area contributed by atoms with Crippen LogP contribution >= 0.6 is 0 Å². The second-order valence-electron chi connectivity index (χ2n) is 6.15. The number of carbonyl (C=O) groups is 1. The number of hydrogen-bond acceptors (Lipinski definition) is 3. The summed E-state index contributed by atoms with van der Waals surface area (Å²) in [6.45, 7) is 10.5. The van der Waals surface area contributed by atoms with Gasteiger partial charge < -0.3 is 15.4 Å². The van der Waals surface area contributed by atoms with Gasteiger partial charge in [-0.25, -0.2) is 4.79 Å². The van der Waals surface area contributed by atoms with Crippen LogP contribution in [0.15, 0.2) is 0 Å². The van der Waals surface area contributed by atoms with E-state index >= 15 is 0 Å². The largest absolute Gasteiger partial charge is 0.444 e. The van der Waals surface area contributed by atoms with Gasteiger partial charge in [0.2, 0.25) is 0 Å². The molecule has 4 heteroatoms. The minimum atomic E-state index is -0.426. The van der Waals surface area contributed by atoms with E-state index < -0.39 is 5.60 Å². The Labute approximate surface area is 104 Å². The van der Waals surface area contributed by atoms with Gasteiger partial charge in [0.15, 0.2) is 0 Å². The monoisotopic (exact) mass is 242 g/mol. The van der Waals surface area contributed by atoms with Crippen LogP contribution in [0.4, 0.5) is 4.79 Å². The average molecular weight is 242 g/mol. The van der Waals surface area contributed by atoms with Crippen molar-refractivity contribution >= 4 is 6.09 Å². The number of rotatable bonds is 5. The van der Waals surface area contributed by atoms with Crippen LogP contribution in [0.1, 0.15) is 47.5 Å². The van der Waals surface area contributed by atoms with Gasteiger partial charge >= 0.3 is 6.09 Å². The number of alkyl carbamates (subject to hydrolysis) is 1. The van der Waals surface area contributed by atoms with Gasteiger partial charge in [-0.1, -0.05) is 13.8 Å². The molecule has 1 aliphatic carbocycles. The van der Waals surface area contributed by atoms with Crippen molar-refractivity contribution in [2.24, 2.45) is 5.92 Å². The van der Waals surface area contributed by atoms with Crippen LogP contribution in [0.3, 0.4) is 0 Å². The normalized spacial score (nSPS) is 18.0. The smallest absolute Gasteiger partial charge is 0.407 e. The van der Waals surface area contributed by atoms with E-state index in [1.54, 1.807) is 0 Å². The van der Waals surface area contributed by atoms with Crippen LogP contribution in [0.5, 0.6) is 0 Å². The molecule has 0 heterocycles. The Hall–Kier alpha value is -0.770. The number of ether oxygens (including phenoxy) is 1. The van der Waals surface area contributed by atoms with Crippen LogP contribution in [0.2, 0.25) is 0 Å². The predicted molar refractivity (Wildman–Crippen MR) is 69.0 cm³/mol. The molecule has 4 nitrogen and oxygen atoms in total. The molecular formula is C13H26N2O2. The highest BCUT2D eigenvalue weighted by Gasteiger charge is 2.31. The van der Waals surface area contributed by atoms with E-state index in [9.17, 15) is 4.79 Å². The molecule has 1 amide bonds. The molecule has 0 aromatic heterocycles. The van der Waals surface area contributed by atoms with Gasteiger partial charge in [0, 0.05) is 18.6 Å². The molecule has 0 aliphatic heterocycles. The summed E-state index contributed by atoms with van der Waals surface area (Å²) in [5, 5.41) is 6.33. The number of nitrogens with one attached hydrogen (secondary N) is 2. The zero-order chi connectivity index (χ0) is 13.1. The zero-order valence-corrected chi connectivity index (χ0v) is 11.7. The molecule has 2 N–H and O–H groups in total. The Morgan fingerprint density at radius 2 is 1.94 bits per heavy atom. The van der Waals surface area contributed by atoms with Crippen molar-refractivity contribution in [3.63, 3.8) is 0 Å². The third kappa shape index (κ3) is 6.51. The molecule has 1 aliphatic rings. The summed E-state index contributed by atoms with van der Waals surface area (Å²) < 4.78 is 5.22. The maximum atomic E-state index is 11.5. The van der Waals surface area contributed by atoms with Gasteiger partial charge in [0.05, 0.1) is 0 Å². The van der Waals surface area contributed by atoms with Crippen molar-refractivity contribution in [2.45, 2.75) is 65.1 Å². The molecule has 1 unspecified atom stereocenters. The lowest BCUT2D eigenvalue weighted by molar-refractivity contribution is 0.0520. The first-order valence-electron chi connectivity index (χ1n) is 6.51. The van der Waals surface area contributed by atoms with Crippen LogP contribution in [-0.4, -0.2) is 30.3 Å². The highest BCUT2D eigenvalue weighted by molar-refractivity contribution is 5.67. The summed E-state index contributed by atoms with van der Waals surface area (Å²) in [5.41, 5.74) is -0.426. The summed E-state index contributed by atoms with van der Waals surface area (Å²) in [5.74, 6) is 0.715. The molecule has 1 atom stereocenters. The first-order valence-corrected chi connectivity index (χ1v) is 6.51. The molecular weight excluding hydrogens is 216 g/mol. The highest BCUT2D eigenvalue weighted by Crippen LogP contribution is 2.32. The molecule has 0 saturated heterocycles. The molecule has 0 radical (unpaired) electrons. The van der Waals surface area contributed by atoms with E-state index in [1.807, 2.05) is 20.8 Å². The number of carbonyl (C=O) groups excluding carboxylic acids is 1. The van der Waals surface area contributed by atoms with E-state index in [0.717, 1.165) is 0 Å².